The van der Waals surface area contributed by atoms with Crippen molar-refractivity contribution < 1.29 is 14.7 Å². The van der Waals surface area contributed by atoms with Gasteiger partial charge in [-0.05, 0) is 18.4 Å². The zero-order valence-electron chi connectivity index (χ0n) is 11.1. The van der Waals surface area contributed by atoms with Crippen LogP contribution in [0.1, 0.15) is 24.3 Å². The predicted molar refractivity (Wildman–Crippen MR) is 72.7 cm³/mol. The quantitative estimate of drug-likeness (QED) is 0.771. The number of likely N-dealkylation sites (N-methyl/N-ethyl adjacent to an activating group) is 1. The highest BCUT2D eigenvalue weighted by molar-refractivity contribution is 5.77. The molecule has 0 aromatic heterocycles. The first-order valence-corrected chi connectivity index (χ1v) is 6.28. The molecule has 1 aromatic carbocycles. The second-order valence-electron chi connectivity index (χ2n) is 4.46. The van der Waals surface area contributed by atoms with Crippen LogP contribution in [-0.2, 0) is 9.59 Å². The molecule has 1 rings (SSSR count). The number of hydrogen-bond acceptors (Lipinski definition) is 3. The average molecular weight is 264 g/mol. The number of benzene rings is 1. The number of nitrogens with two attached hydrogens (primary N) is 1. The second kappa shape index (κ2) is 7.53. The SMILES string of the molecule is CN(CCCC(C(=O)O)c1ccccc1)C(=O)CN. The van der Waals surface area contributed by atoms with E-state index in [0.717, 1.165) is 5.56 Å². The van der Waals surface area contributed by atoms with Crippen LogP contribution in [0.15, 0.2) is 30.3 Å². The minimum Gasteiger partial charge on any atom is -0.481 e. The fourth-order valence-corrected chi connectivity index (χ4v) is 1.93. The van der Waals surface area contributed by atoms with Crippen LogP contribution in [0.3, 0.4) is 0 Å². The molecule has 0 saturated carbocycles. The second-order valence-corrected chi connectivity index (χ2v) is 4.46. The smallest absolute Gasteiger partial charge is 0.310 e. The third-order valence-corrected chi connectivity index (χ3v) is 3.09. The molecule has 0 heterocycles. The molecule has 3 N–H and O–H groups in total. The Kier molecular flexibility index (Phi) is 6.02. The van der Waals surface area contributed by atoms with Gasteiger partial charge in [0.25, 0.3) is 0 Å². The number of carboxylic acid groups (broad SMARTS) is 1. The van der Waals surface area contributed by atoms with E-state index in [1.165, 1.54) is 4.90 Å². The van der Waals surface area contributed by atoms with Gasteiger partial charge in [-0.3, -0.25) is 9.59 Å². The number of aliphatic carboxylic acids is 1. The fraction of sp³-hybridized carbons (Fsp3) is 0.429. The first-order chi connectivity index (χ1) is 9.06. The van der Waals surface area contributed by atoms with E-state index in [1.54, 1.807) is 7.05 Å². The molecule has 0 fully saturated rings. The summed E-state index contributed by atoms with van der Waals surface area (Å²) < 4.78 is 0. The number of carbonyl (C=O) groups is 2. The molecule has 0 spiro atoms. The van der Waals surface area contributed by atoms with Gasteiger partial charge < -0.3 is 15.7 Å². The minimum atomic E-state index is -0.834. The largest absolute Gasteiger partial charge is 0.481 e. The summed E-state index contributed by atoms with van der Waals surface area (Å²) in [7, 11) is 1.67. The van der Waals surface area contributed by atoms with Crippen LogP contribution < -0.4 is 5.73 Å². The Hall–Kier alpha value is -1.88. The van der Waals surface area contributed by atoms with Gasteiger partial charge in [-0.2, -0.15) is 0 Å². The van der Waals surface area contributed by atoms with Crippen molar-refractivity contribution in [3.05, 3.63) is 35.9 Å². The molecule has 5 nitrogen and oxygen atoms in total. The molecular weight excluding hydrogens is 244 g/mol. The lowest BCUT2D eigenvalue weighted by Gasteiger charge is -2.18. The van der Waals surface area contributed by atoms with Gasteiger partial charge in [0.05, 0.1) is 12.5 Å². The van der Waals surface area contributed by atoms with E-state index >= 15 is 0 Å². The highest BCUT2D eigenvalue weighted by Gasteiger charge is 2.19. The number of rotatable bonds is 7. The lowest BCUT2D eigenvalue weighted by Crippen LogP contribution is -2.33. The molecule has 1 atom stereocenters. The Labute approximate surface area is 113 Å². The molecular formula is C14H20N2O3. The summed E-state index contributed by atoms with van der Waals surface area (Å²) >= 11 is 0. The Morgan fingerprint density at radius 2 is 1.95 bits per heavy atom. The van der Waals surface area contributed by atoms with Crippen molar-refractivity contribution in [2.75, 3.05) is 20.1 Å². The van der Waals surface area contributed by atoms with Crippen molar-refractivity contribution in [3.63, 3.8) is 0 Å². The standard InChI is InChI=1S/C14H20N2O3/c1-16(13(17)10-15)9-5-8-12(14(18)19)11-6-3-2-4-7-11/h2-4,6-7,12H,5,8-10,15H2,1H3,(H,18,19). The van der Waals surface area contributed by atoms with Crippen LogP contribution in [0.2, 0.25) is 0 Å². The molecule has 0 aliphatic heterocycles. The molecule has 1 aromatic rings. The van der Waals surface area contributed by atoms with Gasteiger partial charge in [-0.15, -0.1) is 0 Å². The first-order valence-electron chi connectivity index (χ1n) is 6.28. The Morgan fingerprint density at radius 3 is 2.47 bits per heavy atom. The molecule has 0 radical (unpaired) electrons. The zero-order chi connectivity index (χ0) is 14.3. The van der Waals surface area contributed by atoms with E-state index in [4.69, 9.17) is 5.73 Å². The number of carboxylic acids is 1. The first kappa shape index (κ1) is 15.2. The van der Waals surface area contributed by atoms with E-state index in [2.05, 4.69) is 0 Å². The van der Waals surface area contributed by atoms with Gasteiger partial charge >= 0.3 is 5.97 Å². The van der Waals surface area contributed by atoms with Crippen molar-refractivity contribution in [1.82, 2.24) is 4.90 Å². The van der Waals surface area contributed by atoms with Gasteiger partial charge in [0.15, 0.2) is 0 Å². The topological polar surface area (TPSA) is 83.6 Å². The molecule has 1 amide bonds. The maximum atomic E-state index is 11.3. The van der Waals surface area contributed by atoms with Gasteiger partial charge in [-0.25, -0.2) is 0 Å². The van der Waals surface area contributed by atoms with E-state index in [1.807, 2.05) is 30.3 Å². The molecule has 104 valence electrons. The van der Waals surface area contributed by atoms with E-state index < -0.39 is 11.9 Å². The number of nitrogens with zero attached hydrogens (tertiary/aromatic N) is 1. The molecule has 0 aliphatic carbocycles. The van der Waals surface area contributed by atoms with Crippen LogP contribution in [0.25, 0.3) is 0 Å². The number of carbonyl (C=O) groups excluding carboxylic acids is 1. The van der Waals surface area contributed by atoms with E-state index in [0.29, 0.717) is 19.4 Å². The number of hydrogen-bond donors (Lipinski definition) is 2. The lowest BCUT2D eigenvalue weighted by atomic mass is 9.94. The molecule has 5 heteroatoms. The third kappa shape index (κ3) is 4.71. The van der Waals surface area contributed by atoms with Crippen molar-refractivity contribution in [1.29, 1.82) is 0 Å². The molecule has 0 bridgehead atoms. The van der Waals surface area contributed by atoms with Crippen LogP contribution in [0.5, 0.6) is 0 Å². The van der Waals surface area contributed by atoms with Crippen LogP contribution in [-0.4, -0.2) is 42.0 Å². The predicted octanol–water partition coefficient (Wildman–Crippen LogP) is 1.05. The van der Waals surface area contributed by atoms with Crippen LogP contribution >= 0.6 is 0 Å². The Balaban J connectivity index is 2.53. The van der Waals surface area contributed by atoms with Crippen molar-refractivity contribution in [2.24, 2.45) is 5.73 Å². The van der Waals surface area contributed by atoms with Gasteiger partial charge in [0.2, 0.25) is 5.91 Å². The molecule has 1 unspecified atom stereocenters. The van der Waals surface area contributed by atoms with Gasteiger partial charge in [0.1, 0.15) is 0 Å². The van der Waals surface area contributed by atoms with E-state index in [9.17, 15) is 14.7 Å². The molecule has 19 heavy (non-hydrogen) atoms. The summed E-state index contributed by atoms with van der Waals surface area (Å²) in [6.07, 6.45) is 1.13. The Bertz CT molecular complexity index is 420. The summed E-state index contributed by atoms with van der Waals surface area (Å²) in [5.74, 6) is -1.49. The monoisotopic (exact) mass is 264 g/mol. The minimum absolute atomic E-state index is 0.0163. The van der Waals surface area contributed by atoms with Crippen molar-refractivity contribution in [3.8, 4) is 0 Å². The van der Waals surface area contributed by atoms with Gasteiger partial charge in [-0.1, -0.05) is 30.3 Å². The summed E-state index contributed by atoms with van der Waals surface area (Å²) in [6, 6.07) is 9.14. The molecule has 0 aliphatic rings. The summed E-state index contributed by atoms with van der Waals surface area (Å²) in [5.41, 5.74) is 6.05. The van der Waals surface area contributed by atoms with Crippen molar-refractivity contribution in [2.45, 2.75) is 18.8 Å². The number of amides is 1. The Morgan fingerprint density at radius 1 is 1.32 bits per heavy atom. The van der Waals surface area contributed by atoms with Gasteiger partial charge in [0, 0.05) is 13.6 Å². The molecule has 0 saturated heterocycles. The van der Waals surface area contributed by atoms with Crippen LogP contribution in [0.4, 0.5) is 0 Å². The maximum absolute atomic E-state index is 11.3. The summed E-state index contributed by atoms with van der Waals surface area (Å²) in [5, 5.41) is 9.25. The lowest BCUT2D eigenvalue weighted by molar-refractivity contribution is -0.139. The fourth-order valence-electron chi connectivity index (χ4n) is 1.93. The zero-order valence-corrected chi connectivity index (χ0v) is 11.1. The average Bonchev–Trinajstić information content (AvgIpc) is 2.42. The van der Waals surface area contributed by atoms with Crippen LogP contribution in [0, 0.1) is 0 Å². The third-order valence-electron chi connectivity index (χ3n) is 3.09. The highest BCUT2D eigenvalue weighted by atomic mass is 16.4. The van der Waals surface area contributed by atoms with Crippen molar-refractivity contribution >= 4 is 11.9 Å². The normalized spacial score (nSPS) is 11.9. The van der Waals surface area contributed by atoms with E-state index in [-0.39, 0.29) is 12.5 Å². The highest BCUT2D eigenvalue weighted by Crippen LogP contribution is 2.21. The summed E-state index contributed by atoms with van der Waals surface area (Å²) in [6.45, 7) is 0.504. The maximum Gasteiger partial charge on any atom is 0.310 e. The summed E-state index contributed by atoms with van der Waals surface area (Å²) in [4.78, 5) is 24.1.